The summed E-state index contributed by atoms with van der Waals surface area (Å²) in [7, 11) is -3.29. The average Bonchev–Trinajstić information content (AvgIpc) is 3.22. The van der Waals surface area contributed by atoms with E-state index >= 15 is 0 Å². The smallest absolute Gasteiger partial charge is 0.250 e. The Hall–Kier alpha value is -1.33. The van der Waals surface area contributed by atoms with Crippen LogP contribution in [0, 0.1) is 5.82 Å². The summed E-state index contributed by atoms with van der Waals surface area (Å²) in [5, 5.41) is 7.30. The number of thiophene rings is 1. The molecule has 138 valence electrons. The normalized spacial score (nSPS) is 23.8. The van der Waals surface area contributed by atoms with Crippen LogP contribution >= 0.6 is 11.3 Å². The van der Waals surface area contributed by atoms with E-state index in [0.29, 0.717) is 32.3 Å². The number of halogens is 1. The Morgan fingerprint density at radius 1 is 1.40 bits per heavy atom. The van der Waals surface area contributed by atoms with Gasteiger partial charge in [-0.05, 0) is 17.9 Å². The van der Waals surface area contributed by atoms with Gasteiger partial charge in [0.15, 0.2) is 0 Å². The van der Waals surface area contributed by atoms with Crippen LogP contribution in [0.25, 0.3) is 0 Å². The van der Waals surface area contributed by atoms with Crippen LogP contribution in [0.3, 0.4) is 0 Å². The Morgan fingerprint density at radius 2 is 2.20 bits per heavy atom. The van der Waals surface area contributed by atoms with E-state index in [4.69, 9.17) is 10.5 Å². The van der Waals surface area contributed by atoms with Crippen molar-refractivity contribution in [1.82, 2.24) is 14.1 Å². The summed E-state index contributed by atoms with van der Waals surface area (Å²) in [5.41, 5.74) is 7.72. The number of aromatic nitrogens is 2. The Balaban J connectivity index is 0.000000258. The van der Waals surface area contributed by atoms with Gasteiger partial charge in [-0.15, -0.1) is 11.3 Å². The first-order valence-corrected chi connectivity index (χ1v) is 10.6. The van der Waals surface area contributed by atoms with Crippen molar-refractivity contribution >= 4 is 21.4 Å². The number of hydrogen-bond donors (Lipinski definition) is 1. The molecule has 0 saturated carbocycles. The van der Waals surface area contributed by atoms with Gasteiger partial charge in [-0.1, -0.05) is 0 Å². The molecule has 2 aromatic heterocycles. The van der Waals surface area contributed by atoms with E-state index in [-0.39, 0.29) is 11.9 Å². The van der Waals surface area contributed by atoms with Gasteiger partial charge in [0.2, 0.25) is 0 Å². The first-order chi connectivity index (χ1) is 11.8. The van der Waals surface area contributed by atoms with Crippen LogP contribution in [0.2, 0.25) is 0 Å². The SMILES string of the molecule is CS(=O)(=O)n1cc2c(n1)CN(C1COCC(N)C1)C2.Fc1ccsc1. The molecule has 0 spiro atoms. The highest BCUT2D eigenvalue weighted by Gasteiger charge is 2.32. The van der Waals surface area contributed by atoms with E-state index in [1.165, 1.54) is 22.8 Å². The van der Waals surface area contributed by atoms with E-state index in [0.717, 1.165) is 28.0 Å². The van der Waals surface area contributed by atoms with Crippen molar-refractivity contribution in [3.8, 4) is 0 Å². The van der Waals surface area contributed by atoms with Crippen molar-refractivity contribution < 1.29 is 17.5 Å². The lowest BCUT2D eigenvalue weighted by molar-refractivity contribution is 0.00507. The van der Waals surface area contributed by atoms with Gasteiger partial charge in [0.05, 0.1) is 25.2 Å². The molecule has 0 bridgehead atoms. The van der Waals surface area contributed by atoms with Crippen LogP contribution in [0.15, 0.2) is 23.0 Å². The van der Waals surface area contributed by atoms with E-state index < -0.39 is 10.0 Å². The zero-order valence-corrected chi connectivity index (χ0v) is 15.5. The lowest BCUT2D eigenvalue weighted by Crippen LogP contribution is -2.46. The third kappa shape index (κ3) is 4.64. The van der Waals surface area contributed by atoms with Gasteiger partial charge in [0.1, 0.15) is 5.82 Å². The monoisotopic (exact) mass is 388 g/mol. The first-order valence-electron chi connectivity index (χ1n) is 7.86. The Kier molecular flexibility index (Phi) is 5.54. The summed E-state index contributed by atoms with van der Waals surface area (Å²) in [4.78, 5) is 2.25. The molecule has 25 heavy (non-hydrogen) atoms. The molecule has 2 aromatic rings. The first kappa shape index (κ1) is 18.5. The highest BCUT2D eigenvalue weighted by atomic mass is 32.2. The van der Waals surface area contributed by atoms with Gasteiger partial charge in [-0.2, -0.15) is 9.19 Å². The maximum Gasteiger partial charge on any atom is 0.250 e. The third-order valence-corrected chi connectivity index (χ3v) is 5.66. The minimum absolute atomic E-state index is 0.0858. The average molecular weight is 388 g/mol. The zero-order chi connectivity index (χ0) is 18.0. The molecule has 2 N–H and O–H groups in total. The van der Waals surface area contributed by atoms with Crippen molar-refractivity contribution in [1.29, 1.82) is 0 Å². The zero-order valence-electron chi connectivity index (χ0n) is 13.8. The molecule has 7 nitrogen and oxygen atoms in total. The van der Waals surface area contributed by atoms with E-state index in [2.05, 4.69) is 10.00 Å². The quantitative estimate of drug-likeness (QED) is 0.826. The van der Waals surface area contributed by atoms with Gasteiger partial charge >= 0.3 is 0 Å². The number of nitrogens with two attached hydrogens (primary N) is 1. The van der Waals surface area contributed by atoms with Crippen molar-refractivity contribution in [2.24, 2.45) is 5.73 Å². The minimum atomic E-state index is -3.29. The highest BCUT2D eigenvalue weighted by Crippen LogP contribution is 2.26. The van der Waals surface area contributed by atoms with Gasteiger partial charge in [-0.3, -0.25) is 4.90 Å². The summed E-state index contributed by atoms with van der Waals surface area (Å²) < 4.78 is 41.0. The Labute approximate surface area is 150 Å². The molecule has 0 radical (unpaired) electrons. The van der Waals surface area contributed by atoms with Gasteiger partial charge in [0, 0.05) is 42.3 Å². The van der Waals surface area contributed by atoms with Crippen LogP contribution < -0.4 is 5.73 Å². The summed E-state index contributed by atoms with van der Waals surface area (Å²) in [5.74, 6) is -0.139. The van der Waals surface area contributed by atoms with Crippen molar-refractivity contribution in [3.05, 3.63) is 40.1 Å². The number of ether oxygens (including phenoxy) is 1. The molecule has 0 aliphatic carbocycles. The highest BCUT2D eigenvalue weighted by molar-refractivity contribution is 7.89. The van der Waals surface area contributed by atoms with Crippen LogP contribution in [-0.2, 0) is 27.8 Å². The molecule has 2 aliphatic rings. The van der Waals surface area contributed by atoms with E-state index in [1.807, 2.05) is 0 Å². The van der Waals surface area contributed by atoms with E-state index in [9.17, 15) is 12.8 Å². The van der Waals surface area contributed by atoms with Gasteiger partial charge in [0.25, 0.3) is 10.0 Å². The second-order valence-corrected chi connectivity index (χ2v) is 8.89. The molecule has 10 heteroatoms. The van der Waals surface area contributed by atoms with Gasteiger partial charge in [-0.25, -0.2) is 12.8 Å². The molecule has 2 aliphatic heterocycles. The van der Waals surface area contributed by atoms with Gasteiger partial charge < -0.3 is 10.5 Å². The molecule has 0 aromatic carbocycles. The fraction of sp³-hybridized carbons (Fsp3) is 0.533. The van der Waals surface area contributed by atoms with Crippen LogP contribution in [-0.4, -0.2) is 54.1 Å². The molecule has 2 atom stereocenters. The van der Waals surface area contributed by atoms with Crippen LogP contribution in [0.1, 0.15) is 17.7 Å². The molecule has 2 unspecified atom stereocenters. The minimum Gasteiger partial charge on any atom is -0.378 e. The van der Waals surface area contributed by atoms with Crippen LogP contribution in [0.5, 0.6) is 0 Å². The number of rotatable bonds is 2. The summed E-state index contributed by atoms with van der Waals surface area (Å²) >= 11 is 1.36. The maximum absolute atomic E-state index is 11.7. The molecule has 1 fully saturated rings. The third-order valence-electron chi connectivity index (χ3n) is 4.14. The lowest BCUT2D eigenvalue weighted by atomic mass is 10.1. The van der Waals surface area contributed by atoms with Crippen molar-refractivity contribution in [2.45, 2.75) is 31.6 Å². The Bertz CT molecular complexity index is 783. The number of nitrogens with zero attached hydrogens (tertiary/aromatic N) is 3. The predicted molar refractivity (Wildman–Crippen MR) is 93.2 cm³/mol. The summed E-state index contributed by atoms with van der Waals surface area (Å²) in [6.45, 7) is 2.68. The predicted octanol–water partition coefficient (Wildman–Crippen LogP) is 1.01. The molecular weight excluding hydrogens is 367 g/mol. The molecule has 4 rings (SSSR count). The fourth-order valence-corrected chi connectivity index (χ4v) is 3.98. The van der Waals surface area contributed by atoms with Crippen LogP contribution in [0.4, 0.5) is 4.39 Å². The lowest BCUT2D eigenvalue weighted by Gasteiger charge is -2.33. The summed E-state index contributed by atoms with van der Waals surface area (Å²) in [6, 6.07) is 1.82. The topological polar surface area (TPSA) is 90.5 Å². The molecular formula is C15H21FN4O3S2. The van der Waals surface area contributed by atoms with Crippen molar-refractivity contribution in [3.63, 3.8) is 0 Å². The summed E-state index contributed by atoms with van der Waals surface area (Å²) in [6.07, 6.45) is 3.67. The molecule has 1 saturated heterocycles. The van der Waals surface area contributed by atoms with Crippen molar-refractivity contribution in [2.75, 3.05) is 19.5 Å². The largest absolute Gasteiger partial charge is 0.378 e. The second kappa shape index (κ2) is 7.50. The standard InChI is InChI=1S/C11H18N4O3S.C4H3FS/c1-19(16,17)15-4-8-3-14(5-11(8)13-15)10-2-9(12)6-18-7-10;5-4-1-2-6-3-4/h4,9-10H,2-3,5-7,12H2,1H3;1-3H. The molecule has 4 heterocycles. The fourth-order valence-electron chi connectivity index (χ4n) is 2.92. The second-order valence-electron chi connectivity index (χ2n) is 6.27. The maximum atomic E-state index is 11.7. The number of fused-ring (bicyclic) bond motifs is 1. The van der Waals surface area contributed by atoms with E-state index in [1.54, 1.807) is 11.6 Å². The number of hydrogen-bond acceptors (Lipinski definition) is 7. The molecule has 0 amide bonds. The Morgan fingerprint density at radius 3 is 2.72 bits per heavy atom.